The van der Waals surface area contributed by atoms with Crippen LogP contribution in [0.3, 0.4) is 0 Å². The molecule has 2 aromatic heterocycles. The maximum Gasteiger partial charge on any atom is 0.161 e. The van der Waals surface area contributed by atoms with Gasteiger partial charge in [-0.1, -0.05) is 18.2 Å². The molecule has 0 bridgehead atoms. The van der Waals surface area contributed by atoms with Gasteiger partial charge in [-0.05, 0) is 38.0 Å². The molecule has 5 heteroatoms. The molecule has 3 aromatic rings. The number of rotatable bonds is 3. The minimum atomic E-state index is 0.177. The van der Waals surface area contributed by atoms with Crippen LogP contribution in [-0.4, -0.2) is 39.3 Å². The molecule has 0 amide bonds. The summed E-state index contributed by atoms with van der Waals surface area (Å²) in [6.45, 7) is 3.13. The van der Waals surface area contributed by atoms with E-state index in [4.69, 9.17) is 0 Å². The van der Waals surface area contributed by atoms with Gasteiger partial charge < -0.3 is 10.0 Å². The SMILES string of the molecule is Cc1nc(-c2ccc(N3CCC[C@H]3CO)nc2)nc2ccccc12. The summed E-state index contributed by atoms with van der Waals surface area (Å²) in [5, 5.41) is 10.5. The number of aryl methyl sites for hydroxylation is 1. The smallest absolute Gasteiger partial charge is 0.161 e. The van der Waals surface area contributed by atoms with Crippen LogP contribution in [0.15, 0.2) is 42.6 Å². The van der Waals surface area contributed by atoms with Crippen LogP contribution < -0.4 is 4.90 Å². The van der Waals surface area contributed by atoms with E-state index in [-0.39, 0.29) is 12.6 Å². The third-order valence-electron chi connectivity index (χ3n) is 4.68. The molecule has 1 saturated heterocycles. The van der Waals surface area contributed by atoms with Gasteiger partial charge in [-0.25, -0.2) is 15.0 Å². The maximum atomic E-state index is 9.47. The molecule has 5 nitrogen and oxygen atoms in total. The van der Waals surface area contributed by atoms with Gasteiger partial charge in [0, 0.05) is 29.4 Å². The molecule has 1 aromatic carbocycles. The Morgan fingerprint density at radius 3 is 2.83 bits per heavy atom. The van der Waals surface area contributed by atoms with Gasteiger partial charge >= 0.3 is 0 Å². The largest absolute Gasteiger partial charge is 0.394 e. The summed E-state index contributed by atoms with van der Waals surface area (Å²) in [7, 11) is 0. The Kier molecular flexibility index (Phi) is 3.86. The first-order valence-electron chi connectivity index (χ1n) is 8.33. The number of nitrogens with zero attached hydrogens (tertiary/aromatic N) is 4. The number of aliphatic hydroxyl groups is 1. The second kappa shape index (κ2) is 6.17. The van der Waals surface area contributed by atoms with Crippen molar-refractivity contribution >= 4 is 16.7 Å². The number of benzene rings is 1. The first-order valence-corrected chi connectivity index (χ1v) is 8.33. The number of aliphatic hydroxyl groups excluding tert-OH is 1. The van der Waals surface area contributed by atoms with Crippen LogP contribution in [0.2, 0.25) is 0 Å². The highest BCUT2D eigenvalue weighted by molar-refractivity contribution is 5.82. The Hall–Kier alpha value is -2.53. The van der Waals surface area contributed by atoms with Crippen LogP contribution in [0.4, 0.5) is 5.82 Å². The average Bonchev–Trinajstić information content (AvgIpc) is 3.10. The number of para-hydroxylation sites is 1. The van der Waals surface area contributed by atoms with Crippen molar-refractivity contribution in [1.29, 1.82) is 0 Å². The summed E-state index contributed by atoms with van der Waals surface area (Å²) in [5.74, 6) is 1.61. The molecule has 0 spiro atoms. The number of aromatic nitrogens is 3. The van der Waals surface area contributed by atoms with Crippen molar-refractivity contribution in [1.82, 2.24) is 15.0 Å². The van der Waals surface area contributed by atoms with E-state index < -0.39 is 0 Å². The number of pyridine rings is 1. The van der Waals surface area contributed by atoms with E-state index in [1.807, 2.05) is 49.5 Å². The van der Waals surface area contributed by atoms with E-state index in [1.54, 1.807) is 0 Å². The van der Waals surface area contributed by atoms with Gasteiger partial charge in [-0.15, -0.1) is 0 Å². The summed E-state index contributed by atoms with van der Waals surface area (Å²) in [4.78, 5) is 16.0. The van der Waals surface area contributed by atoms with E-state index >= 15 is 0 Å². The van der Waals surface area contributed by atoms with Crippen molar-refractivity contribution in [3.8, 4) is 11.4 Å². The highest BCUT2D eigenvalue weighted by atomic mass is 16.3. The van der Waals surface area contributed by atoms with E-state index in [0.29, 0.717) is 5.82 Å². The van der Waals surface area contributed by atoms with Gasteiger partial charge in [0.25, 0.3) is 0 Å². The third kappa shape index (κ3) is 2.61. The molecule has 0 aliphatic carbocycles. The van der Waals surface area contributed by atoms with Crippen molar-refractivity contribution in [3.05, 3.63) is 48.3 Å². The predicted molar refractivity (Wildman–Crippen MR) is 95.0 cm³/mol. The lowest BCUT2D eigenvalue weighted by atomic mass is 10.1. The normalized spacial score (nSPS) is 17.6. The summed E-state index contributed by atoms with van der Waals surface area (Å²) in [5.41, 5.74) is 2.83. The van der Waals surface area contributed by atoms with E-state index in [0.717, 1.165) is 47.4 Å². The van der Waals surface area contributed by atoms with Crippen LogP contribution >= 0.6 is 0 Å². The number of fused-ring (bicyclic) bond motifs is 1. The number of hydrogen-bond donors (Lipinski definition) is 1. The molecular weight excluding hydrogens is 300 g/mol. The fourth-order valence-corrected chi connectivity index (χ4v) is 3.38. The molecule has 24 heavy (non-hydrogen) atoms. The van der Waals surface area contributed by atoms with E-state index in [9.17, 15) is 5.11 Å². The lowest BCUT2D eigenvalue weighted by molar-refractivity contribution is 0.266. The quantitative estimate of drug-likeness (QED) is 0.804. The van der Waals surface area contributed by atoms with Crippen molar-refractivity contribution in [2.75, 3.05) is 18.1 Å². The molecule has 1 aliphatic heterocycles. The zero-order valence-corrected chi connectivity index (χ0v) is 13.7. The number of hydrogen-bond acceptors (Lipinski definition) is 5. The zero-order valence-electron chi connectivity index (χ0n) is 13.7. The van der Waals surface area contributed by atoms with Crippen molar-refractivity contribution in [3.63, 3.8) is 0 Å². The molecule has 0 saturated carbocycles. The summed E-state index contributed by atoms with van der Waals surface area (Å²) in [6, 6.07) is 12.2. The van der Waals surface area contributed by atoms with Gasteiger partial charge in [-0.3, -0.25) is 0 Å². The van der Waals surface area contributed by atoms with Gasteiger partial charge in [0.1, 0.15) is 5.82 Å². The van der Waals surface area contributed by atoms with E-state index in [2.05, 4.69) is 19.9 Å². The van der Waals surface area contributed by atoms with Crippen molar-refractivity contribution < 1.29 is 5.11 Å². The summed E-state index contributed by atoms with van der Waals surface area (Å²) in [6.07, 6.45) is 3.94. The Bertz CT molecular complexity index is 863. The standard InChI is InChI=1S/C19H20N4O/c1-13-16-6-2-3-7-17(16)22-19(21-13)14-8-9-18(20-11-14)23-10-4-5-15(23)12-24/h2-3,6-9,11,15,24H,4-5,10,12H2,1H3/t15-/m0/s1. The molecule has 1 aliphatic rings. The minimum Gasteiger partial charge on any atom is -0.394 e. The Morgan fingerprint density at radius 1 is 1.17 bits per heavy atom. The van der Waals surface area contributed by atoms with E-state index in [1.165, 1.54) is 0 Å². The molecule has 4 rings (SSSR count). The minimum absolute atomic E-state index is 0.177. The van der Waals surface area contributed by atoms with Crippen LogP contribution in [-0.2, 0) is 0 Å². The first kappa shape index (κ1) is 15.0. The van der Waals surface area contributed by atoms with Gasteiger partial charge in [0.2, 0.25) is 0 Å². The lowest BCUT2D eigenvalue weighted by Crippen LogP contribution is -2.32. The zero-order chi connectivity index (χ0) is 16.5. The van der Waals surface area contributed by atoms with Crippen LogP contribution in [0.25, 0.3) is 22.3 Å². The lowest BCUT2D eigenvalue weighted by Gasteiger charge is -2.24. The van der Waals surface area contributed by atoms with Crippen LogP contribution in [0, 0.1) is 6.92 Å². The van der Waals surface area contributed by atoms with Gasteiger partial charge in [-0.2, -0.15) is 0 Å². The topological polar surface area (TPSA) is 62.1 Å². The Labute approximate surface area is 141 Å². The van der Waals surface area contributed by atoms with Crippen LogP contribution in [0.1, 0.15) is 18.5 Å². The summed E-state index contributed by atoms with van der Waals surface area (Å²) < 4.78 is 0. The highest BCUT2D eigenvalue weighted by Crippen LogP contribution is 2.26. The predicted octanol–water partition coefficient (Wildman–Crippen LogP) is 2.96. The van der Waals surface area contributed by atoms with Gasteiger partial charge in [0.15, 0.2) is 5.82 Å². The number of anilines is 1. The molecule has 1 atom stereocenters. The maximum absolute atomic E-state index is 9.47. The van der Waals surface area contributed by atoms with Gasteiger partial charge in [0.05, 0.1) is 18.2 Å². The molecule has 0 radical (unpaired) electrons. The molecule has 1 fully saturated rings. The molecule has 1 N–H and O–H groups in total. The Morgan fingerprint density at radius 2 is 2.04 bits per heavy atom. The molecule has 0 unspecified atom stereocenters. The summed E-state index contributed by atoms with van der Waals surface area (Å²) >= 11 is 0. The fraction of sp³-hybridized carbons (Fsp3) is 0.316. The Balaban J connectivity index is 1.68. The second-order valence-corrected chi connectivity index (χ2v) is 6.23. The third-order valence-corrected chi connectivity index (χ3v) is 4.68. The molecular formula is C19H20N4O. The van der Waals surface area contributed by atoms with Crippen LogP contribution in [0.5, 0.6) is 0 Å². The second-order valence-electron chi connectivity index (χ2n) is 6.23. The van der Waals surface area contributed by atoms with Crippen molar-refractivity contribution in [2.45, 2.75) is 25.8 Å². The average molecular weight is 320 g/mol. The molecule has 122 valence electrons. The highest BCUT2D eigenvalue weighted by Gasteiger charge is 2.24. The first-order chi connectivity index (χ1) is 11.8. The monoisotopic (exact) mass is 320 g/mol. The molecule has 3 heterocycles. The fourth-order valence-electron chi connectivity index (χ4n) is 3.38. The van der Waals surface area contributed by atoms with Crippen molar-refractivity contribution in [2.24, 2.45) is 0 Å².